The lowest BCUT2D eigenvalue weighted by molar-refractivity contribution is 0.103. The van der Waals surface area contributed by atoms with Gasteiger partial charge in [-0.15, -0.1) is 0 Å². The van der Waals surface area contributed by atoms with Crippen molar-refractivity contribution in [3.05, 3.63) is 102 Å². The molecule has 2 aromatic heterocycles. The highest BCUT2D eigenvalue weighted by Gasteiger charge is 2.14. The van der Waals surface area contributed by atoms with Crippen molar-refractivity contribution in [3.63, 3.8) is 0 Å². The number of ketones is 1. The summed E-state index contributed by atoms with van der Waals surface area (Å²) < 4.78 is 14.9. The Hall–Kier alpha value is -3.60. The van der Waals surface area contributed by atoms with E-state index in [4.69, 9.17) is 0 Å². The van der Waals surface area contributed by atoms with E-state index in [0.29, 0.717) is 16.8 Å². The molecule has 0 N–H and O–H groups in total. The van der Waals surface area contributed by atoms with Gasteiger partial charge in [-0.05, 0) is 43.2 Å². The monoisotopic (exact) mass is 373 g/mol. The van der Waals surface area contributed by atoms with Crippen molar-refractivity contribution in [2.24, 2.45) is 0 Å². The summed E-state index contributed by atoms with van der Waals surface area (Å²) in [6, 6.07) is 11.1. The van der Waals surface area contributed by atoms with Gasteiger partial charge in [-0.1, -0.05) is 36.9 Å². The molecule has 0 aliphatic rings. The van der Waals surface area contributed by atoms with Crippen LogP contribution in [0.2, 0.25) is 0 Å². The number of carbonyl (C=O) groups is 1. The van der Waals surface area contributed by atoms with Crippen molar-refractivity contribution < 1.29 is 9.18 Å². The van der Waals surface area contributed by atoms with E-state index in [2.05, 4.69) is 16.7 Å². The predicted molar refractivity (Wildman–Crippen MR) is 109 cm³/mol. The second kappa shape index (κ2) is 8.39. The van der Waals surface area contributed by atoms with Gasteiger partial charge in [-0.3, -0.25) is 9.78 Å². The zero-order valence-electron chi connectivity index (χ0n) is 15.8. The van der Waals surface area contributed by atoms with E-state index < -0.39 is 0 Å². The second-order valence-electron chi connectivity index (χ2n) is 6.33. The first kappa shape index (κ1) is 19.2. The molecule has 0 fully saturated rings. The van der Waals surface area contributed by atoms with Gasteiger partial charge in [0, 0.05) is 29.7 Å². The summed E-state index contributed by atoms with van der Waals surface area (Å²) in [6.45, 7) is 6.88. The van der Waals surface area contributed by atoms with Gasteiger partial charge in [0.15, 0.2) is 5.78 Å². The van der Waals surface area contributed by atoms with Gasteiger partial charge in [0.25, 0.3) is 0 Å². The zero-order chi connectivity index (χ0) is 20.1. The average molecular weight is 373 g/mol. The number of halogens is 1. The highest BCUT2D eigenvalue weighted by atomic mass is 19.1. The molecular formula is C23H20FN3O. The Bertz CT molecular complexity index is 1070. The molecule has 0 aliphatic carbocycles. The Morgan fingerprint density at radius 3 is 2.57 bits per heavy atom. The van der Waals surface area contributed by atoms with Crippen LogP contribution in [0, 0.1) is 0 Å². The maximum absolute atomic E-state index is 13.4. The summed E-state index contributed by atoms with van der Waals surface area (Å²) >= 11 is 0. The van der Waals surface area contributed by atoms with Gasteiger partial charge >= 0.3 is 0 Å². The number of allylic oxidation sites excluding steroid dienone is 5. The van der Waals surface area contributed by atoms with Crippen molar-refractivity contribution in [3.8, 4) is 11.1 Å². The van der Waals surface area contributed by atoms with E-state index in [9.17, 15) is 9.18 Å². The summed E-state index contributed by atoms with van der Waals surface area (Å²) in [5.74, 6) is -0.516. The Morgan fingerprint density at radius 2 is 1.89 bits per heavy atom. The molecule has 3 aromatic rings. The van der Waals surface area contributed by atoms with Gasteiger partial charge in [0.2, 0.25) is 0 Å². The number of benzene rings is 1. The van der Waals surface area contributed by atoms with Gasteiger partial charge in [0.1, 0.15) is 0 Å². The molecule has 0 atom stereocenters. The van der Waals surface area contributed by atoms with Crippen LogP contribution in [0.5, 0.6) is 0 Å². The van der Waals surface area contributed by atoms with Gasteiger partial charge < -0.3 is 0 Å². The summed E-state index contributed by atoms with van der Waals surface area (Å²) in [6.07, 6.45) is 9.52. The third-order valence-corrected chi connectivity index (χ3v) is 4.26. The van der Waals surface area contributed by atoms with Crippen LogP contribution in [-0.4, -0.2) is 20.5 Å². The fourth-order valence-corrected chi connectivity index (χ4v) is 2.77. The molecular weight excluding hydrogens is 353 g/mol. The topological polar surface area (TPSA) is 47.8 Å². The Morgan fingerprint density at radius 1 is 1.11 bits per heavy atom. The number of nitrogens with zero attached hydrogens (tertiary/aromatic N) is 3. The third kappa shape index (κ3) is 4.20. The van der Waals surface area contributed by atoms with Crippen molar-refractivity contribution in [2.45, 2.75) is 13.8 Å². The maximum Gasteiger partial charge on any atom is 0.196 e. The van der Waals surface area contributed by atoms with Crippen molar-refractivity contribution in [1.82, 2.24) is 14.8 Å². The van der Waals surface area contributed by atoms with Crippen molar-refractivity contribution in [1.29, 1.82) is 0 Å². The van der Waals surface area contributed by atoms with E-state index in [0.717, 1.165) is 16.7 Å². The molecule has 4 nitrogen and oxygen atoms in total. The van der Waals surface area contributed by atoms with E-state index >= 15 is 0 Å². The molecule has 0 bridgehead atoms. The summed E-state index contributed by atoms with van der Waals surface area (Å²) in [4.78, 5) is 17.0. The molecule has 0 saturated heterocycles. The molecule has 140 valence electrons. The van der Waals surface area contributed by atoms with Crippen molar-refractivity contribution in [2.75, 3.05) is 0 Å². The average Bonchev–Trinajstić information content (AvgIpc) is 3.21. The van der Waals surface area contributed by atoms with Crippen LogP contribution in [0.3, 0.4) is 0 Å². The molecule has 0 spiro atoms. The molecule has 0 amide bonds. The highest BCUT2D eigenvalue weighted by molar-refractivity contribution is 6.09. The minimum atomic E-state index is -0.358. The molecule has 3 rings (SSSR count). The van der Waals surface area contributed by atoms with E-state index in [1.165, 1.54) is 23.9 Å². The lowest BCUT2D eigenvalue weighted by Gasteiger charge is -2.06. The fourth-order valence-electron chi connectivity index (χ4n) is 2.77. The van der Waals surface area contributed by atoms with Crippen LogP contribution in [0.1, 0.15) is 29.8 Å². The van der Waals surface area contributed by atoms with Crippen LogP contribution in [0.25, 0.3) is 16.8 Å². The first-order valence-electron chi connectivity index (χ1n) is 8.77. The lowest BCUT2D eigenvalue weighted by atomic mass is 10.0. The summed E-state index contributed by atoms with van der Waals surface area (Å²) in [5, 5.41) is 4.23. The third-order valence-electron chi connectivity index (χ3n) is 4.26. The molecule has 0 aliphatic heterocycles. The Labute approximate surface area is 163 Å². The molecule has 0 saturated carbocycles. The van der Waals surface area contributed by atoms with Gasteiger partial charge in [0.05, 0.1) is 23.3 Å². The van der Waals surface area contributed by atoms with Crippen LogP contribution < -0.4 is 0 Å². The minimum absolute atomic E-state index is 0.159. The normalized spacial score (nSPS) is 12.5. The van der Waals surface area contributed by atoms with Crippen LogP contribution in [-0.2, 0) is 0 Å². The summed E-state index contributed by atoms with van der Waals surface area (Å²) in [7, 11) is 0. The smallest absolute Gasteiger partial charge is 0.196 e. The van der Waals surface area contributed by atoms with E-state index in [-0.39, 0.29) is 11.6 Å². The number of aromatic nitrogens is 3. The van der Waals surface area contributed by atoms with Gasteiger partial charge in [-0.25, -0.2) is 9.07 Å². The molecule has 5 heteroatoms. The van der Waals surface area contributed by atoms with Crippen molar-refractivity contribution >= 4 is 11.5 Å². The maximum atomic E-state index is 13.4. The zero-order valence-corrected chi connectivity index (χ0v) is 15.8. The molecule has 28 heavy (non-hydrogen) atoms. The van der Waals surface area contributed by atoms with Crippen LogP contribution in [0.4, 0.5) is 4.39 Å². The quantitative estimate of drug-likeness (QED) is 0.425. The highest BCUT2D eigenvalue weighted by Crippen LogP contribution is 2.22. The number of pyridine rings is 1. The minimum Gasteiger partial charge on any atom is -0.288 e. The number of hydrogen-bond donors (Lipinski definition) is 0. The van der Waals surface area contributed by atoms with E-state index in [1.807, 2.05) is 37.3 Å². The lowest BCUT2D eigenvalue weighted by Crippen LogP contribution is -2.01. The second-order valence-corrected chi connectivity index (χ2v) is 6.33. The largest absolute Gasteiger partial charge is 0.288 e. The number of hydrogen-bond acceptors (Lipinski definition) is 3. The van der Waals surface area contributed by atoms with Crippen LogP contribution >= 0.6 is 0 Å². The number of rotatable bonds is 6. The first-order valence-corrected chi connectivity index (χ1v) is 8.77. The molecule has 0 unspecified atom stereocenters. The fraction of sp³-hybridized carbons (Fsp3) is 0.0870. The Kier molecular flexibility index (Phi) is 5.75. The summed E-state index contributed by atoms with van der Waals surface area (Å²) in [5.41, 5.74) is 4.08. The standard InChI is InChI=1S/C23H20FN3O/c1-4-16(2)22(11-17(3)24)27-15-21(14-26-27)23(28)19-8-5-7-18(12-19)20-9-6-10-25-13-20/h4-15H,1H2,2-3H3/b17-11+,22-16+. The molecule has 1 aromatic carbocycles. The van der Waals surface area contributed by atoms with Gasteiger partial charge in [-0.2, -0.15) is 5.10 Å². The van der Waals surface area contributed by atoms with Crippen LogP contribution in [0.15, 0.2) is 91.3 Å². The SMILES string of the molecule is C=C/C(C)=C(\C=C(/C)F)n1cc(C(=O)c2cccc(-c3cccnc3)c2)cn1. The molecule has 2 heterocycles. The first-order chi connectivity index (χ1) is 13.5. The van der Waals surface area contributed by atoms with E-state index in [1.54, 1.807) is 30.7 Å². The predicted octanol–water partition coefficient (Wildman–Crippen LogP) is 5.47. The molecule has 0 radical (unpaired) electrons. The number of carbonyl (C=O) groups excluding carboxylic acids is 1. The Balaban J connectivity index is 1.95.